The molecule has 2 unspecified atom stereocenters. The molecule has 1 aliphatic carbocycles. The first kappa shape index (κ1) is 15.3. The Morgan fingerprint density at radius 2 is 2.08 bits per heavy atom. The number of rotatable bonds is 4. The molecule has 0 N–H and O–H groups in total. The Balaban J connectivity index is 1.28. The quantitative estimate of drug-likeness (QED) is 0.849. The van der Waals surface area contributed by atoms with Crippen LogP contribution in [0.15, 0.2) is 36.9 Å². The number of amides is 1. The van der Waals surface area contributed by atoms with Crippen molar-refractivity contribution in [3.63, 3.8) is 0 Å². The van der Waals surface area contributed by atoms with Gasteiger partial charge in [0, 0.05) is 64.3 Å². The van der Waals surface area contributed by atoms with E-state index >= 15 is 0 Å². The van der Waals surface area contributed by atoms with Crippen molar-refractivity contribution in [2.75, 3.05) is 26.2 Å². The molecule has 0 radical (unpaired) electrons. The summed E-state index contributed by atoms with van der Waals surface area (Å²) >= 11 is 0. The molecule has 4 rings (SSSR count). The molecule has 6 heteroatoms. The zero-order valence-corrected chi connectivity index (χ0v) is 14.0. The van der Waals surface area contributed by atoms with Gasteiger partial charge in [0.15, 0.2) is 0 Å². The summed E-state index contributed by atoms with van der Waals surface area (Å²) in [6.07, 6.45) is 8.61. The van der Waals surface area contributed by atoms with Crippen molar-refractivity contribution in [2.24, 2.45) is 13.0 Å². The highest BCUT2D eigenvalue weighted by Gasteiger charge is 2.46. The van der Waals surface area contributed by atoms with Crippen molar-refractivity contribution in [3.8, 4) is 0 Å². The average Bonchev–Trinajstić information content (AvgIpc) is 3.30. The van der Waals surface area contributed by atoms with Gasteiger partial charge in [-0.15, -0.1) is 0 Å². The van der Waals surface area contributed by atoms with Crippen LogP contribution in [-0.4, -0.2) is 56.7 Å². The van der Waals surface area contributed by atoms with Crippen LogP contribution in [0.3, 0.4) is 0 Å². The fourth-order valence-corrected chi connectivity index (χ4v) is 3.58. The average molecular weight is 325 g/mol. The Hall–Kier alpha value is -2.21. The minimum Gasteiger partial charge on any atom is -0.340 e. The summed E-state index contributed by atoms with van der Waals surface area (Å²) in [5.74, 6) is 0.864. The van der Waals surface area contributed by atoms with Gasteiger partial charge >= 0.3 is 0 Å². The molecule has 1 saturated carbocycles. The number of hydrogen-bond donors (Lipinski definition) is 0. The third-order valence-corrected chi connectivity index (χ3v) is 5.07. The Labute approximate surface area is 142 Å². The fraction of sp³-hybridized carbons (Fsp3) is 0.500. The molecule has 0 spiro atoms. The molecule has 1 saturated heterocycles. The van der Waals surface area contributed by atoms with E-state index < -0.39 is 0 Å². The summed E-state index contributed by atoms with van der Waals surface area (Å²) in [6.45, 7) is 4.44. The van der Waals surface area contributed by atoms with E-state index in [2.05, 4.69) is 21.0 Å². The number of aryl methyl sites for hydroxylation is 1. The SMILES string of the molecule is Cn1cc(C2CC2C(=O)N2CCN(Cc3cccnc3)CC2)cn1. The van der Waals surface area contributed by atoms with Gasteiger partial charge in [-0.1, -0.05) is 6.07 Å². The zero-order valence-electron chi connectivity index (χ0n) is 14.0. The Morgan fingerprint density at radius 1 is 1.25 bits per heavy atom. The molecule has 6 nitrogen and oxygen atoms in total. The molecule has 2 aliphatic rings. The van der Waals surface area contributed by atoms with Crippen molar-refractivity contribution in [1.29, 1.82) is 0 Å². The highest BCUT2D eigenvalue weighted by Crippen LogP contribution is 2.48. The number of piperazine rings is 1. The lowest BCUT2D eigenvalue weighted by Gasteiger charge is -2.35. The molecular formula is C18H23N5O. The first-order chi connectivity index (χ1) is 11.7. The molecule has 0 bridgehead atoms. The summed E-state index contributed by atoms with van der Waals surface area (Å²) in [7, 11) is 1.92. The van der Waals surface area contributed by atoms with Crippen LogP contribution < -0.4 is 0 Å². The van der Waals surface area contributed by atoms with E-state index in [0.29, 0.717) is 11.8 Å². The van der Waals surface area contributed by atoms with Crippen LogP contribution in [0, 0.1) is 5.92 Å². The van der Waals surface area contributed by atoms with Crippen molar-refractivity contribution in [3.05, 3.63) is 48.0 Å². The first-order valence-electron chi connectivity index (χ1n) is 8.59. The van der Waals surface area contributed by atoms with E-state index in [1.807, 2.05) is 41.3 Å². The van der Waals surface area contributed by atoms with Crippen LogP contribution >= 0.6 is 0 Å². The minimum atomic E-state index is 0.166. The molecular weight excluding hydrogens is 302 g/mol. The molecule has 0 aromatic carbocycles. The highest BCUT2D eigenvalue weighted by molar-refractivity contribution is 5.83. The van der Waals surface area contributed by atoms with E-state index in [4.69, 9.17) is 0 Å². The van der Waals surface area contributed by atoms with E-state index in [9.17, 15) is 4.79 Å². The number of pyridine rings is 1. The zero-order chi connectivity index (χ0) is 16.5. The van der Waals surface area contributed by atoms with E-state index in [-0.39, 0.29) is 5.92 Å². The van der Waals surface area contributed by atoms with Gasteiger partial charge in [0.25, 0.3) is 0 Å². The molecule has 1 amide bonds. The normalized spacial score (nSPS) is 24.1. The van der Waals surface area contributed by atoms with Crippen LogP contribution in [0.2, 0.25) is 0 Å². The number of aromatic nitrogens is 3. The largest absolute Gasteiger partial charge is 0.340 e. The maximum atomic E-state index is 12.7. The van der Waals surface area contributed by atoms with Crippen LogP contribution in [-0.2, 0) is 18.4 Å². The van der Waals surface area contributed by atoms with Crippen LogP contribution in [0.5, 0.6) is 0 Å². The second-order valence-electron chi connectivity index (χ2n) is 6.86. The van der Waals surface area contributed by atoms with Crippen LogP contribution in [0.1, 0.15) is 23.5 Å². The van der Waals surface area contributed by atoms with Gasteiger partial charge in [0.2, 0.25) is 5.91 Å². The Morgan fingerprint density at radius 3 is 2.75 bits per heavy atom. The lowest BCUT2D eigenvalue weighted by Crippen LogP contribution is -2.48. The summed E-state index contributed by atoms with van der Waals surface area (Å²) in [5, 5.41) is 4.21. The smallest absolute Gasteiger partial charge is 0.226 e. The monoisotopic (exact) mass is 325 g/mol. The second-order valence-corrected chi connectivity index (χ2v) is 6.86. The van der Waals surface area contributed by atoms with Gasteiger partial charge < -0.3 is 4.90 Å². The lowest BCUT2D eigenvalue weighted by atomic mass is 10.1. The number of carbonyl (C=O) groups excluding carboxylic acids is 1. The van der Waals surface area contributed by atoms with Crippen LogP contribution in [0.25, 0.3) is 0 Å². The predicted octanol–water partition coefficient (Wildman–Crippen LogP) is 1.26. The Bertz CT molecular complexity index is 705. The number of carbonyl (C=O) groups is 1. The molecule has 126 valence electrons. The van der Waals surface area contributed by atoms with Crippen molar-refractivity contribution in [2.45, 2.75) is 18.9 Å². The van der Waals surface area contributed by atoms with Gasteiger partial charge in [0.1, 0.15) is 0 Å². The maximum absolute atomic E-state index is 12.7. The molecule has 2 aromatic heterocycles. The standard InChI is InChI=1S/C18H23N5O/c1-21-13-15(11-20-21)16-9-17(16)18(24)23-7-5-22(6-8-23)12-14-3-2-4-19-10-14/h2-4,10-11,13,16-17H,5-9,12H2,1H3. The fourth-order valence-electron chi connectivity index (χ4n) is 3.58. The minimum absolute atomic E-state index is 0.166. The lowest BCUT2D eigenvalue weighted by molar-refractivity contribution is -0.134. The summed E-state index contributed by atoms with van der Waals surface area (Å²) in [4.78, 5) is 21.3. The van der Waals surface area contributed by atoms with E-state index in [0.717, 1.165) is 39.1 Å². The Kier molecular flexibility index (Phi) is 4.06. The molecule has 2 atom stereocenters. The van der Waals surface area contributed by atoms with Crippen LogP contribution in [0.4, 0.5) is 0 Å². The molecule has 2 aromatic rings. The third-order valence-electron chi connectivity index (χ3n) is 5.07. The molecule has 2 fully saturated rings. The summed E-state index contributed by atoms with van der Waals surface area (Å²) in [5.41, 5.74) is 2.43. The highest BCUT2D eigenvalue weighted by atomic mass is 16.2. The summed E-state index contributed by atoms with van der Waals surface area (Å²) in [6, 6.07) is 4.08. The van der Waals surface area contributed by atoms with Gasteiger partial charge in [0.05, 0.1) is 6.20 Å². The maximum Gasteiger partial charge on any atom is 0.226 e. The van der Waals surface area contributed by atoms with Gasteiger partial charge in [-0.05, 0) is 29.5 Å². The third kappa shape index (κ3) is 3.19. The summed E-state index contributed by atoms with van der Waals surface area (Å²) < 4.78 is 1.81. The molecule has 3 heterocycles. The first-order valence-corrected chi connectivity index (χ1v) is 8.59. The molecule has 1 aliphatic heterocycles. The van der Waals surface area contributed by atoms with Crippen molar-refractivity contribution < 1.29 is 4.79 Å². The van der Waals surface area contributed by atoms with E-state index in [1.165, 1.54) is 11.1 Å². The predicted molar refractivity (Wildman–Crippen MR) is 90.2 cm³/mol. The second kappa shape index (κ2) is 6.36. The van der Waals surface area contributed by atoms with Crippen molar-refractivity contribution >= 4 is 5.91 Å². The molecule has 24 heavy (non-hydrogen) atoms. The van der Waals surface area contributed by atoms with Gasteiger partial charge in [-0.25, -0.2) is 0 Å². The van der Waals surface area contributed by atoms with Crippen molar-refractivity contribution in [1.82, 2.24) is 24.6 Å². The van der Waals surface area contributed by atoms with Gasteiger partial charge in [-0.3, -0.25) is 19.4 Å². The van der Waals surface area contributed by atoms with Gasteiger partial charge in [-0.2, -0.15) is 5.10 Å². The number of nitrogens with zero attached hydrogens (tertiary/aromatic N) is 5. The topological polar surface area (TPSA) is 54.3 Å². The number of hydrogen-bond acceptors (Lipinski definition) is 4. The van der Waals surface area contributed by atoms with E-state index in [1.54, 1.807) is 6.20 Å².